The number of benzene rings is 1. The summed E-state index contributed by atoms with van der Waals surface area (Å²) in [5, 5.41) is 6.19. The molecule has 1 amide bonds. The molecule has 0 spiro atoms. The first kappa shape index (κ1) is 14.6. The van der Waals surface area contributed by atoms with Crippen LogP contribution in [0, 0.1) is 11.8 Å². The zero-order valence-electron chi connectivity index (χ0n) is 12.6. The van der Waals surface area contributed by atoms with Crippen LogP contribution in [0.1, 0.15) is 33.3 Å². The summed E-state index contributed by atoms with van der Waals surface area (Å²) < 4.78 is 0. The Hall–Kier alpha value is -1.84. The molecule has 1 unspecified atom stereocenters. The van der Waals surface area contributed by atoms with E-state index in [1.165, 1.54) is 0 Å². The van der Waals surface area contributed by atoms with Gasteiger partial charge < -0.3 is 5.32 Å². The van der Waals surface area contributed by atoms with E-state index in [1.807, 2.05) is 44.2 Å². The average molecular weight is 273 g/mol. The van der Waals surface area contributed by atoms with E-state index in [1.54, 1.807) is 0 Å². The molecule has 1 aromatic rings. The average Bonchev–Trinajstić information content (AvgIpc) is 2.75. The summed E-state index contributed by atoms with van der Waals surface area (Å²) in [7, 11) is 0. The van der Waals surface area contributed by atoms with Gasteiger partial charge in [-0.2, -0.15) is 0 Å². The SMILES string of the molecule is CC(C)CN=C1NC(=O)C(c2ccccc2)(C(C)C)N1. The highest BCUT2D eigenvalue weighted by atomic mass is 16.2. The Balaban J connectivity index is 2.35. The third-order valence-electron chi connectivity index (χ3n) is 3.62. The molecule has 1 fully saturated rings. The number of nitrogens with zero attached hydrogens (tertiary/aromatic N) is 1. The number of hydrogen-bond acceptors (Lipinski definition) is 2. The molecule has 108 valence electrons. The number of amides is 1. The third-order valence-corrected chi connectivity index (χ3v) is 3.62. The van der Waals surface area contributed by atoms with E-state index in [9.17, 15) is 4.79 Å². The van der Waals surface area contributed by atoms with E-state index in [2.05, 4.69) is 29.5 Å². The number of carbonyl (C=O) groups excluding carboxylic acids is 1. The van der Waals surface area contributed by atoms with Gasteiger partial charge in [-0.05, 0) is 17.4 Å². The van der Waals surface area contributed by atoms with Crippen molar-refractivity contribution in [1.29, 1.82) is 0 Å². The lowest BCUT2D eigenvalue weighted by atomic mass is 9.80. The molecule has 0 radical (unpaired) electrons. The molecule has 0 aromatic heterocycles. The molecule has 1 atom stereocenters. The quantitative estimate of drug-likeness (QED) is 0.884. The van der Waals surface area contributed by atoms with Crippen LogP contribution < -0.4 is 10.6 Å². The van der Waals surface area contributed by atoms with Gasteiger partial charge >= 0.3 is 0 Å². The number of carbonyl (C=O) groups is 1. The van der Waals surface area contributed by atoms with Crippen LogP contribution in [-0.2, 0) is 10.3 Å². The van der Waals surface area contributed by atoms with Gasteiger partial charge in [0.2, 0.25) is 0 Å². The van der Waals surface area contributed by atoms with E-state index < -0.39 is 5.54 Å². The maximum absolute atomic E-state index is 12.5. The molecule has 0 saturated carbocycles. The summed E-state index contributed by atoms with van der Waals surface area (Å²) >= 11 is 0. The maximum atomic E-state index is 12.5. The molecule has 2 rings (SSSR count). The lowest BCUT2D eigenvalue weighted by Crippen LogP contribution is -2.48. The van der Waals surface area contributed by atoms with Crippen molar-refractivity contribution in [2.24, 2.45) is 16.8 Å². The molecule has 20 heavy (non-hydrogen) atoms. The summed E-state index contributed by atoms with van der Waals surface area (Å²) in [6, 6.07) is 9.84. The van der Waals surface area contributed by atoms with Crippen LogP contribution in [0.15, 0.2) is 35.3 Å². The summed E-state index contributed by atoms with van der Waals surface area (Å²) in [6.07, 6.45) is 0. The van der Waals surface area contributed by atoms with Crippen molar-refractivity contribution in [1.82, 2.24) is 10.6 Å². The molecule has 1 aliphatic rings. The first-order chi connectivity index (χ1) is 9.46. The Morgan fingerprint density at radius 1 is 1.15 bits per heavy atom. The van der Waals surface area contributed by atoms with Crippen LogP contribution in [0.5, 0.6) is 0 Å². The van der Waals surface area contributed by atoms with Gasteiger partial charge in [-0.15, -0.1) is 0 Å². The predicted molar refractivity (Wildman–Crippen MR) is 81.4 cm³/mol. The topological polar surface area (TPSA) is 53.5 Å². The Morgan fingerprint density at radius 2 is 1.80 bits per heavy atom. The second-order valence-electron chi connectivity index (χ2n) is 5.99. The van der Waals surface area contributed by atoms with Gasteiger partial charge in [-0.1, -0.05) is 58.0 Å². The molecular weight excluding hydrogens is 250 g/mol. The van der Waals surface area contributed by atoms with Crippen LogP contribution in [0.2, 0.25) is 0 Å². The summed E-state index contributed by atoms with van der Waals surface area (Å²) in [6.45, 7) is 9.00. The van der Waals surface area contributed by atoms with Crippen LogP contribution in [0.4, 0.5) is 0 Å². The molecule has 0 bridgehead atoms. The predicted octanol–water partition coefficient (Wildman–Crippen LogP) is 2.27. The minimum absolute atomic E-state index is 0.0267. The van der Waals surface area contributed by atoms with E-state index in [0.29, 0.717) is 18.4 Å². The zero-order valence-corrected chi connectivity index (χ0v) is 12.6. The summed E-state index contributed by atoms with van der Waals surface area (Å²) in [4.78, 5) is 17.0. The van der Waals surface area contributed by atoms with Crippen LogP contribution in [0.25, 0.3) is 0 Å². The molecular formula is C16H23N3O. The molecule has 2 N–H and O–H groups in total. The zero-order chi connectivity index (χ0) is 14.8. The molecule has 1 heterocycles. The van der Waals surface area contributed by atoms with Crippen LogP contribution in [-0.4, -0.2) is 18.4 Å². The minimum Gasteiger partial charge on any atom is -0.338 e. The maximum Gasteiger partial charge on any atom is 0.257 e. The highest BCUT2D eigenvalue weighted by Crippen LogP contribution is 2.32. The number of guanidine groups is 1. The van der Waals surface area contributed by atoms with Crippen molar-refractivity contribution in [3.8, 4) is 0 Å². The Bertz CT molecular complexity index is 508. The monoisotopic (exact) mass is 273 g/mol. The first-order valence-electron chi connectivity index (χ1n) is 7.16. The molecule has 1 saturated heterocycles. The van der Waals surface area contributed by atoms with E-state index >= 15 is 0 Å². The lowest BCUT2D eigenvalue weighted by Gasteiger charge is -2.31. The molecule has 0 aliphatic carbocycles. The lowest BCUT2D eigenvalue weighted by molar-refractivity contribution is -0.125. The van der Waals surface area contributed by atoms with Crippen molar-refractivity contribution in [2.45, 2.75) is 33.2 Å². The summed E-state index contributed by atoms with van der Waals surface area (Å²) in [5.74, 6) is 1.14. The van der Waals surface area contributed by atoms with Crippen LogP contribution >= 0.6 is 0 Å². The fourth-order valence-corrected chi connectivity index (χ4v) is 2.48. The normalized spacial score (nSPS) is 24.3. The van der Waals surface area contributed by atoms with Gasteiger partial charge in [0.25, 0.3) is 5.91 Å². The molecule has 4 heteroatoms. The second-order valence-corrected chi connectivity index (χ2v) is 5.99. The van der Waals surface area contributed by atoms with Gasteiger partial charge in [0.15, 0.2) is 5.96 Å². The summed E-state index contributed by atoms with van der Waals surface area (Å²) in [5.41, 5.74) is 0.249. The second kappa shape index (κ2) is 5.65. The third kappa shape index (κ3) is 2.55. The van der Waals surface area contributed by atoms with Gasteiger partial charge in [-0.25, -0.2) is 0 Å². The smallest absolute Gasteiger partial charge is 0.257 e. The van der Waals surface area contributed by atoms with E-state index in [0.717, 1.165) is 5.56 Å². The van der Waals surface area contributed by atoms with Crippen molar-refractivity contribution in [3.63, 3.8) is 0 Å². The largest absolute Gasteiger partial charge is 0.338 e. The van der Waals surface area contributed by atoms with Crippen molar-refractivity contribution in [3.05, 3.63) is 35.9 Å². The van der Waals surface area contributed by atoms with Gasteiger partial charge in [-0.3, -0.25) is 15.1 Å². The number of nitrogens with one attached hydrogen (secondary N) is 2. The van der Waals surface area contributed by atoms with E-state index in [-0.39, 0.29) is 11.8 Å². The van der Waals surface area contributed by atoms with Crippen LogP contribution in [0.3, 0.4) is 0 Å². The molecule has 4 nitrogen and oxygen atoms in total. The fraction of sp³-hybridized carbons (Fsp3) is 0.500. The Kier molecular flexibility index (Phi) is 4.12. The fourth-order valence-electron chi connectivity index (χ4n) is 2.48. The highest BCUT2D eigenvalue weighted by molar-refractivity contribution is 6.09. The van der Waals surface area contributed by atoms with E-state index in [4.69, 9.17) is 0 Å². The Labute approximate surface area is 120 Å². The van der Waals surface area contributed by atoms with Crippen molar-refractivity contribution in [2.75, 3.05) is 6.54 Å². The highest BCUT2D eigenvalue weighted by Gasteiger charge is 2.48. The number of rotatable bonds is 4. The minimum atomic E-state index is -0.725. The number of hydrogen-bond donors (Lipinski definition) is 2. The van der Waals surface area contributed by atoms with Crippen molar-refractivity contribution < 1.29 is 4.79 Å². The van der Waals surface area contributed by atoms with Gasteiger partial charge in [0, 0.05) is 6.54 Å². The standard InChI is InChI=1S/C16H23N3O/c1-11(2)10-17-15-18-14(20)16(19-15,12(3)4)13-8-6-5-7-9-13/h5-9,11-12H,10H2,1-4H3,(H2,17,18,19,20). The van der Waals surface area contributed by atoms with Gasteiger partial charge in [0.05, 0.1) is 0 Å². The van der Waals surface area contributed by atoms with Crippen molar-refractivity contribution >= 4 is 11.9 Å². The number of aliphatic imine (C=N–C) groups is 1. The Morgan fingerprint density at radius 3 is 2.35 bits per heavy atom. The molecule has 1 aromatic carbocycles. The first-order valence-corrected chi connectivity index (χ1v) is 7.16. The van der Waals surface area contributed by atoms with Gasteiger partial charge in [0.1, 0.15) is 5.54 Å². The molecule has 1 aliphatic heterocycles.